The highest BCUT2D eigenvalue weighted by Gasteiger charge is 2.14. The van der Waals surface area contributed by atoms with Crippen LogP contribution in [0.1, 0.15) is 20.3 Å². The van der Waals surface area contributed by atoms with E-state index >= 15 is 0 Å². The molecule has 0 spiro atoms. The molecule has 4 nitrogen and oxygen atoms in total. The zero-order valence-corrected chi connectivity index (χ0v) is 10.6. The van der Waals surface area contributed by atoms with E-state index in [9.17, 15) is 0 Å². The minimum atomic E-state index is 0.577. The molecule has 0 saturated heterocycles. The van der Waals surface area contributed by atoms with Crippen LogP contribution < -0.4 is 10.9 Å². The third kappa shape index (κ3) is 1.90. The van der Waals surface area contributed by atoms with Gasteiger partial charge in [-0.1, -0.05) is 32.0 Å². The first-order valence-electron chi connectivity index (χ1n) is 6.21. The molecule has 1 aliphatic heterocycles. The number of aliphatic imine (C=N–C) groups is 1. The van der Waals surface area contributed by atoms with Crippen molar-refractivity contribution in [1.29, 1.82) is 0 Å². The van der Waals surface area contributed by atoms with E-state index in [-0.39, 0.29) is 0 Å². The van der Waals surface area contributed by atoms with E-state index < -0.39 is 0 Å². The average Bonchev–Trinajstić information content (AvgIpc) is 2.37. The molecular weight excluding hydrogens is 224 g/mol. The Hall–Kier alpha value is -2.10. The fraction of sp³-hybridized carbons (Fsp3) is 0.286. The summed E-state index contributed by atoms with van der Waals surface area (Å²) in [5.41, 5.74) is 9.30. The van der Waals surface area contributed by atoms with E-state index in [1.54, 1.807) is 0 Å². The topological polar surface area (TPSA) is 49.3 Å². The van der Waals surface area contributed by atoms with Crippen molar-refractivity contribution in [3.63, 3.8) is 0 Å². The van der Waals surface area contributed by atoms with Crippen molar-refractivity contribution in [2.24, 2.45) is 10.9 Å². The number of amidine groups is 1. The van der Waals surface area contributed by atoms with Crippen LogP contribution in [0.3, 0.4) is 0 Å². The second-order valence-electron chi connectivity index (χ2n) is 4.94. The molecule has 0 fully saturated rings. The predicted octanol–water partition coefficient (Wildman–Crippen LogP) is 3.24. The largest absolute Gasteiger partial charge is 0.297 e. The van der Waals surface area contributed by atoms with Gasteiger partial charge >= 0.3 is 0 Å². The number of fused-ring (bicyclic) bond motifs is 3. The normalized spacial score (nSPS) is 13.8. The molecule has 0 unspecified atom stereocenters. The molecule has 2 aromatic rings. The maximum absolute atomic E-state index is 4.62. The Morgan fingerprint density at radius 3 is 2.83 bits per heavy atom. The molecule has 92 valence electrons. The highest BCUT2D eigenvalue weighted by molar-refractivity contribution is 6.01. The molecule has 0 bridgehead atoms. The van der Waals surface area contributed by atoms with Gasteiger partial charge in [0.25, 0.3) is 0 Å². The van der Waals surface area contributed by atoms with Gasteiger partial charge in [-0.15, -0.1) is 0 Å². The Labute approximate surface area is 106 Å². The molecule has 2 heterocycles. The number of nitrogens with zero attached hydrogens (tertiary/aromatic N) is 2. The van der Waals surface area contributed by atoms with Gasteiger partial charge < -0.3 is 0 Å². The molecule has 2 N–H and O–H groups in total. The SMILES string of the molecule is CC(C)CC1=Nc2cnc3ccccc3c2NN1. The number of pyridine rings is 1. The Bertz CT molecular complexity index is 616. The molecule has 3 rings (SSSR count). The number of nitrogens with one attached hydrogen (secondary N) is 2. The first kappa shape index (κ1) is 11.0. The summed E-state index contributed by atoms with van der Waals surface area (Å²) < 4.78 is 0. The number of benzene rings is 1. The number of hydrazine groups is 1. The van der Waals surface area contributed by atoms with Crippen LogP contribution in [0, 0.1) is 5.92 Å². The maximum Gasteiger partial charge on any atom is 0.121 e. The second-order valence-corrected chi connectivity index (χ2v) is 4.94. The number of anilines is 1. The third-order valence-corrected chi connectivity index (χ3v) is 2.94. The molecular formula is C14H16N4. The highest BCUT2D eigenvalue weighted by atomic mass is 15.4. The van der Waals surface area contributed by atoms with Crippen molar-refractivity contribution >= 4 is 28.1 Å². The minimum Gasteiger partial charge on any atom is -0.297 e. The molecule has 1 aromatic heterocycles. The van der Waals surface area contributed by atoms with Crippen LogP contribution in [0.5, 0.6) is 0 Å². The summed E-state index contributed by atoms with van der Waals surface area (Å²) in [5.74, 6) is 1.54. The van der Waals surface area contributed by atoms with Gasteiger partial charge in [0.2, 0.25) is 0 Å². The highest BCUT2D eigenvalue weighted by Crippen LogP contribution is 2.33. The van der Waals surface area contributed by atoms with Crippen molar-refractivity contribution in [3.05, 3.63) is 30.5 Å². The summed E-state index contributed by atoms with van der Waals surface area (Å²) >= 11 is 0. The van der Waals surface area contributed by atoms with Crippen LogP contribution in [0.4, 0.5) is 11.4 Å². The molecule has 0 radical (unpaired) electrons. The molecule has 4 heteroatoms. The molecule has 0 amide bonds. The van der Waals surface area contributed by atoms with Gasteiger partial charge in [-0.25, -0.2) is 4.99 Å². The van der Waals surface area contributed by atoms with Gasteiger partial charge in [0, 0.05) is 11.8 Å². The zero-order valence-electron chi connectivity index (χ0n) is 10.6. The van der Waals surface area contributed by atoms with Crippen LogP contribution in [0.25, 0.3) is 10.9 Å². The van der Waals surface area contributed by atoms with Gasteiger partial charge in [-0.05, 0) is 12.0 Å². The Kier molecular flexibility index (Phi) is 2.63. The summed E-state index contributed by atoms with van der Waals surface area (Å²) in [6.45, 7) is 4.36. The Balaban J connectivity index is 2.08. The second kappa shape index (κ2) is 4.29. The summed E-state index contributed by atoms with van der Waals surface area (Å²) in [4.78, 5) is 9.05. The van der Waals surface area contributed by atoms with Crippen molar-refractivity contribution in [2.45, 2.75) is 20.3 Å². The van der Waals surface area contributed by atoms with Gasteiger partial charge in [-0.2, -0.15) is 0 Å². The lowest BCUT2D eigenvalue weighted by Gasteiger charge is -2.21. The first-order valence-corrected chi connectivity index (χ1v) is 6.21. The molecule has 0 aliphatic carbocycles. The van der Waals surface area contributed by atoms with Crippen molar-refractivity contribution in [2.75, 3.05) is 5.43 Å². The number of hydrogen-bond donors (Lipinski definition) is 2. The van der Waals surface area contributed by atoms with E-state index in [0.29, 0.717) is 5.92 Å². The standard InChI is InChI=1S/C14H16N4/c1-9(2)7-13-16-12-8-15-11-6-4-3-5-10(11)14(12)18-17-13/h3-6,8-9,18H,7H2,1-2H3,(H,16,17). The number of aromatic nitrogens is 1. The number of para-hydroxylation sites is 1. The fourth-order valence-corrected chi connectivity index (χ4v) is 2.14. The fourth-order valence-electron chi connectivity index (χ4n) is 2.14. The summed E-state index contributed by atoms with van der Waals surface area (Å²) in [6, 6.07) is 8.06. The van der Waals surface area contributed by atoms with Crippen LogP contribution in [0.2, 0.25) is 0 Å². The monoisotopic (exact) mass is 240 g/mol. The van der Waals surface area contributed by atoms with E-state index in [1.807, 2.05) is 24.4 Å². The Morgan fingerprint density at radius 2 is 2.00 bits per heavy atom. The van der Waals surface area contributed by atoms with Crippen LogP contribution in [-0.2, 0) is 0 Å². The van der Waals surface area contributed by atoms with Crippen LogP contribution in [-0.4, -0.2) is 10.8 Å². The average molecular weight is 240 g/mol. The first-order chi connectivity index (χ1) is 8.74. The number of rotatable bonds is 2. The zero-order chi connectivity index (χ0) is 12.5. The van der Waals surface area contributed by atoms with Crippen molar-refractivity contribution in [3.8, 4) is 0 Å². The lowest BCUT2D eigenvalue weighted by atomic mass is 10.1. The van der Waals surface area contributed by atoms with Gasteiger partial charge in [-0.3, -0.25) is 15.8 Å². The minimum absolute atomic E-state index is 0.577. The quantitative estimate of drug-likeness (QED) is 0.847. The summed E-state index contributed by atoms with van der Waals surface area (Å²) in [5, 5.41) is 1.09. The van der Waals surface area contributed by atoms with Crippen LogP contribution >= 0.6 is 0 Å². The summed E-state index contributed by atoms with van der Waals surface area (Å²) in [6.07, 6.45) is 2.76. The predicted molar refractivity (Wildman–Crippen MR) is 75.1 cm³/mol. The van der Waals surface area contributed by atoms with Crippen LogP contribution in [0.15, 0.2) is 35.5 Å². The summed E-state index contributed by atoms with van der Waals surface area (Å²) in [7, 11) is 0. The molecule has 1 aromatic carbocycles. The molecule has 0 atom stereocenters. The molecule has 1 aliphatic rings. The van der Waals surface area contributed by atoms with Gasteiger partial charge in [0.15, 0.2) is 0 Å². The Morgan fingerprint density at radius 1 is 1.17 bits per heavy atom. The third-order valence-electron chi connectivity index (χ3n) is 2.94. The van der Waals surface area contributed by atoms with E-state index in [4.69, 9.17) is 0 Å². The van der Waals surface area contributed by atoms with Gasteiger partial charge in [0.05, 0.1) is 17.4 Å². The smallest absolute Gasteiger partial charge is 0.121 e. The lowest BCUT2D eigenvalue weighted by Crippen LogP contribution is -2.33. The van der Waals surface area contributed by atoms with Crippen molar-refractivity contribution in [1.82, 2.24) is 10.4 Å². The van der Waals surface area contributed by atoms with E-state index in [0.717, 1.165) is 34.5 Å². The lowest BCUT2D eigenvalue weighted by molar-refractivity contribution is 0.672. The van der Waals surface area contributed by atoms with Crippen molar-refractivity contribution < 1.29 is 0 Å². The van der Waals surface area contributed by atoms with E-state index in [1.165, 1.54) is 0 Å². The molecule has 0 saturated carbocycles. The maximum atomic E-state index is 4.62. The van der Waals surface area contributed by atoms with Gasteiger partial charge in [0.1, 0.15) is 11.5 Å². The van der Waals surface area contributed by atoms with E-state index in [2.05, 4.69) is 40.7 Å². The number of hydrogen-bond acceptors (Lipinski definition) is 4. The molecule has 18 heavy (non-hydrogen) atoms.